The van der Waals surface area contributed by atoms with Crippen LogP contribution in [0.3, 0.4) is 0 Å². The lowest BCUT2D eigenvalue weighted by atomic mass is 10.1. The van der Waals surface area contributed by atoms with E-state index in [-0.39, 0.29) is 25.0 Å². The largest absolute Gasteiger partial charge is 0.481 e. The van der Waals surface area contributed by atoms with E-state index in [0.717, 1.165) is 0 Å². The van der Waals surface area contributed by atoms with Gasteiger partial charge in [-0.25, -0.2) is 9.78 Å². The van der Waals surface area contributed by atoms with Gasteiger partial charge in [-0.1, -0.05) is 0 Å². The molecule has 4 unspecified atom stereocenters. The molecular weight excluding hydrogens is 474 g/mol. The van der Waals surface area contributed by atoms with Gasteiger partial charge in [0, 0.05) is 30.5 Å². The lowest BCUT2D eigenvalue weighted by Crippen LogP contribution is -2.58. The van der Waals surface area contributed by atoms with Gasteiger partial charge in [-0.3, -0.25) is 24.0 Å². The molecule has 0 aromatic carbocycles. The van der Waals surface area contributed by atoms with Crippen LogP contribution in [0.4, 0.5) is 0 Å². The van der Waals surface area contributed by atoms with Crippen molar-refractivity contribution in [1.82, 2.24) is 25.9 Å². The Hall–Kier alpha value is -3.66. The van der Waals surface area contributed by atoms with Gasteiger partial charge in [0.2, 0.25) is 23.6 Å². The van der Waals surface area contributed by atoms with Crippen LogP contribution < -0.4 is 27.4 Å². The molecule has 16 heteroatoms. The van der Waals surface area contributed by atoms with Gasteiger partial charge in [-0.2, -0.15) is 12.6 Å². The van der Waals surface area contributed by atoms with Crippen LogP contribution >= 0.6 is 12.6 Å². The van der Waals surface area contributed by atoms with Crippen molar-refractivity contribution in [2.45, 2.75) is 49.9 Å². The summed E-state index contributed by atoms with van der Waals surface area (Å²) in [7, 11) is 0. The van der Waals surface area contributed by atoms with Crippen molar-refractivity contribution in [3.8, 4) is 0 Å². The summed E-state index contributed by atoms with van der Waals surface area (Å²) >= 11 is 3.97. The van der Waals surface area contributed by atoms with Crippen molar-refractivity contribution < 1.29 is 39.0 Å². The number of primary amides is 1. The molecule has 34 heavy (non-hydrogen) atoms. The number of thiol groups is 1. The molecule has 0 spiro atoms. The lowest BCUT2D eigenvalue weighted by Gasteiger charge is -2.23. The van der Waals surface area contributed by atoms with E-state index in [9.17, 15) is 33.9 Å². The molecule has 1 rings (SSSR count). The standard InChI is InChI=1S/C18H27N7O8S/c19-9(1-2-13(20)26)15(29)23-10(4-14(27)28)16(30)25-12(6-34)17(31)24-11(18(32)33)3-8-5-21-7-22-8/h5,7,9-12,34H,1-4,6,19H2,(H2,20,26)(H,21,22)(H,23,29)(H,24,31)(H,25,30)(H,27,28)(H,32,33). The predicted molar refractivity (Wildman–Crippen MR) is 118 cm³/mol. The summed E-state index contributed by atoms with van der Waals surface area (Å²) in [5.74, 6) is -6.56. The van der Waals surface area contributed by atoms with E-state index < -0.39 is 66.2 Å². The number of hydrogen-bond acceptors (Lipinski definition) is 9. The Bertz CT molecular complexity index is 895. The van der Waals surface area contributed by atoms with Crippen LogP contribution in [0.5, 0.6) is 0 Å². The first kappa shape index (κ1) is 28.4. The quantitative estimate of drug-likeness (QED) is 0.107. The molecule has 0 aliphatic rings. The maximum atomic E-state index is 12.6. The van der Waals surface area contributed by atoms with E-state index in [1.807, 2.05) is 0 Å². The Kier molecular flexibility index (Phi) is 11.5. The van der Waals surface area contributed by atoms with Gasteiger partial charge in [0.15, 0.2) is 0 Å². The zero-order chi connectivity index (χ0) is 25.8. The minimum Gasteiger partial charge on any atom is -0.481 e. The first-order valence-corrected chi connectivity index (χ1v) is 10.6. The summed E-state index contributed by atoms with van der Waals surface area (Å²) in [6, 6.07) is -5.55. The number of carbonyl (C=O) groups excluding carboxylic acids is 4. The number of hydrogen-bond donors (Lipinski definition) is 9. The number of amides is 4. The molecule has 4 atom stereocenters. The maximum Gasteiger partial charge on any atom is 0.326 e. The zero-order valence-corrected chi connectivity index (χ0v) is 18.8. The van der Waals surface area contributed by atoms with Crippen molar-refractivity contribution in [2.75, 3.05) is 5.75 Å². The van der Waals surface area contributed by atoms with E-state index >= 15 is 0 Å². The molecule has 1 aromatic rings. The van der Waals surface area contributed by atoms with Gasteiger partial charge in [-0.15, -0.1) is 0 Å². The number of carboxylic acid groups (broad SMARTS) is 2. The highest BCUT2D eigenvalue weighted by atomic mass is 32.1. The van der Waals surface area contributed by atoms with E-state index in [2.05, 4.69) is 38.5 Å². The number of carboxylic acids is 2. The average Bonchev–Trinajstić information content (AvgIpc) is 3.27. The fourth-order valence-corrected chi connectivity index (χ4v) is 2.90. The molecule has 0 aliphatic carbocycles. The minimum atomic E-state index is -1.61. The summed E-state index contributed by atoms with van der Waals surface area (Å²) in [6.45, 7) is 0. The van der Waals surface area contributed by atoms with Crippen LogP contribution in [0.2, 0.25) is 0 Å². The maximum absolute atomic E-state index is 12.6. The Morgan fingerprint density at radius 2 is 1.59 bits per heavy atom. The first-order valence-electron chi connectivity index (χ1n) is 9.92. The van der Waals surface area contributed by atoms with Crippen LogP contribution in [-0.2, 0) is 35.2 Å². The monoisotopic (exact) mass is 501 g/mol. The van der Waals surface area contributed by atoms with Gasteiger partial charge in [0.1, 0.15) is 18.1 Å². The zero-order valence-electron chi connectivity index (χ0n) is 17.9. The summed E-state index contributed by atoms with van der Waals surface area (Å²) < 4.78 is 0. The first-order chi connectivity index (χ1) is 15.9. The number of aliphatic carboxylic acids is 2. The second-order valence-electron chi connectivity index (χ2n) is 7.19. The molecule has 0 aliphatic heterocycles. The second kappa shape index (κ2) is 13.8. The molecule has 4 amide bonds. The van der Waals surface area contributed by atoms with Crippen molar-refractivity contribution in [3.63, 3.8) is 0 Å². The Morgan fingerprint density at radius 3 is 2.09 bits per heavy atom. The summed E-state index contributed by atoms with van der Waals surface area (Å²) in [6.07, 6.45) is 1.44. The van der Waals surface area contributed by atoms with Crippen molar-refractivity contribution in [2.24, 2.45) is 11.5 Å². The molecule has 1 heterocycles. The van der Waals surface area contributed by atoms with Crippen LogP contribution in [0, 0.1) is 0 Å². The highest BCUT2D eigenvalue weighted by Gasteiger charge is 2.31. The normalized spacial score (nSPS) is 14.2. The Labute approximate surface area is 198 Å². The van der Waals surface area contributed by atoms with Gasteiger partial charge < -0.3 is 42.6 Å². The van der Waals surface area contributed by atoms with E-state index in [1.54, 1.807) is 0 Å². The smallest absolute Gasteiger partial charge is 0.326 e. The summed E-state index contributed by atoms with van der Waals surface area (Å²) in [5.41, 5.74) is 11.1. The van der Waals surface area contributed by atoms with Gasteiger partial charge >= 0.3 is 11.9 Å². The molecule has 15 nitrogen and oxygen atoms in total. The molecule has 0 fully saturated rings. The van der Waals surface area contributed by atoms with Crippen molar-refractivity contribution in [1.29, 1.82) is 0 Å². The fourth-order valence-electron chi connectivity index (χ4n) is 2.65. The average molecular weight is 502 g/mol. The second-order valence-corrected chi connectivity index (χ2v) is 7.56. The van der Waals surface area contributed by atoms with Crippen LogP contribution in [0.15, 0.2) is 12.5 Å². The third-order valence-electron chi connectivity index (χ3n) is 4.46. The van der Waals surface area contributed by atoms with Crippen LogP contribution in [0.25, 0.3) is 0 Å². The predicted octanol–water partition coefficient (Wildman–Crippen LogP) is -3.51. The SMILES string of the molecule is NC(=O)CCC(N)C(=O)NC(CC(=O)O)C(=O)NC(CS)C(=O)NC(Cc1cnc[nH]1)C(=O)O. The van der Waals surface area contributed by atoms with Crippen LogP contribution in [0.1, 0.15) is 25.0 Å². The molecule has 0 saturated carbocycles. The third-order valence-corrected chi connectivity index (χ3v) is 4.82. The van der Waals surface area contributed by atoms with Gasteiger partial charge in [0.05, 0.1) is 18.8 Å². The van der Waals surface area contributed by atoms with Crippen molar-refractivity contribution >= 4 is 48.2 Å². The molecular formula is C18H27N7O8S. The number of rotatable bonds is 15. The van der Waals surface area contributed by atoms with Crippen molar-refractivity contribution in [3.05, 3.63) is 18.2 Å². The van der Waals surface area contributed by atoms with E-state index in [0.29, 0.717) is 5.69 Å². The lowest BCUT2D eigenvalue weighted by molar-refractivity contribution is -0.143. The van der Waals surface area contributed by atoms with E-state index in [4.69, 9.17) is 16.6 Å². The number of aromatic nitrogens is 2. The topological polar surface area (TPSA) is 260 Å². The van der Waals surface area contributed by atoms with E-state index in [1.165, 1.54) is 12.5 Å². The number of H-pyrrole nitrogens is 1. The summed E-state index contributed by atoms with van der Waals surface area (Å²) in [5, 5.41) is 25.1. The number of aromatic amines is 1. The van der Waals surface area contributed by atoms with Gasteiger partial charge in [-0.05, 0) is 6.42 Å². The third kappa shape index (κ3) is 9.86. The molecule has 188 valence electrons. The molecule has 10 N–H and O–H groups in total. The Morgan fingerprint density at radius 1 is 1.00 bits per heavy atom. The van der Waals surface area contributed by atoms with Gasteiger partial charge in [0.25, 0.3) is 0 Å². The number of carbonyl (C=O) groups is 6. The minimum absolute atomic E-state index is 0.116. The summed E-state index contributed by atoms with van der Waals surface area (Å²) in [4.78, 5) is 77.3. The number of imidazole rings is 1. The fraction of sp³-hybridized carbons (Fsp3) is 0.500. The number of nitrogens with two attached hydrogens (primary N) is 2. The molecule has 0 saturated heterocycles. The highest BCUT2D eigenvalue weighted by molar-refractivity contribution is 7.80. The number of nitrogens with zero attached hydrogens (tertiary/aromatic N) is 1. The molecule has 0 radical (unpaired) electrons. The number of nitrogens with one attached hydrogen (secondary N) is 4. The highest BCUT2D eigenvalue weighted by Crippen LogP contribution is 2.03. The van der Waals surface area contributed by atoms with Crippen LogP contribution in [-0.4, -0.2) is 85.7 Å². The molecule has 0 bridgehead atoms. The molecule has 1 aromatic heterocycles. The Balaban J connectivity index is 2.83.